The van der Waals surface area contributed by atoms with Crippen molar-refractivity contribution in [1.29, 1.82) is 0 Å². The lowest BCUT2D eigenvalue weighted by molar-refractivity contribution is 0.696. The van der Waals surface area contributed by atoms with E-state index < -0.39 is 0 Å². The fourth-order valence-electron chi connectivity index (χ4n) is 2.99. The first-order chi connectivity index (χ1) is 10.3. The first-order valence-corrected chi connectivity index (χ1v) is 7.66. The molecule has 0 unspecified atom stereocenters. The van der Waals surface area contributed by atoms with E-state index >= 15 is 0 Å². The zero-order valence-electron chi connectivity index (χ0n) is 12.6. The minimum Gasteiger partial charge on any atom is -0.341 e. The van der Waals surface area contributed by atoms with Gasteiger partial charge in [-0.1, -0.05) is 30.3 Å². The first kappa shape index (κ1) is 13.9. The molecule has 0 aliphatic carbocycles. The largest absolute Gasteiger partial charge is 0.341 e. The second kappa shape index (κ2) is 6.15. The molecule has 0 atom stereocenters. The Morgan fingerprint density at radius 1 is 1.10 bits per heavy atom. The van der Waals surface area contributed by atoms with Crippen LogP contribution in [-0.4, -0.2) is 11.1 Å². The van der Waals surface area contributed by atoms with Gasteiger partial charge in [-0.2, -0.15) is 0 Å². The van der Waals surface area contributed by atoms with Crippen molar-refractivity contribution >= 4 is 21.8 Å². The number of nitrogens with zero attached hydrogens (tertiary/aromatic N) is 1. The number of fused-ring (bicyclic) bond motifs is 3. The highest BCUT2D eigenvalue weighted by Crippen LogP contribution is 2.29. The summed E-state index contributed by atoms with van der Waals surface area (Å²) in [7, 11) is 0. The van der Waals surface area contributed by atoms with Gasteiger partial charge in [0.1, 0.15) is 0 Å². The number of para-hydroxylation sites is 1. The van der Waals surface area contributed by atoms with Crippen LogP contribution in [0, 0.1) is 0 Å². The average Bonchev–Trinajstić information content (AvgIpc) is 2.85. The Morgan fingerprint density at radius 2 is 1.90 bits per heavy atom. The summed E-state index contributed by atoms with van der Waals surface area (Å²) in [5, 5.41) is 6.16. The molecule has 0 fully saturated rings. The summed E-state index contributed by atoms with van der Waals surface area (Å²) < 4.78 is 2.39. The van der Waals surface area contributed by atoms with Gasteiger partial charge in [-0.05, 0) is 43.7 Å². The van der Waals surface area contributed by atoms with E-state index in [2.05, 4.69) is 65.9 Å². The molecule has 108 valence electrons. The van der Waals surface area contributed by atoms with Crippen LogP contribution in [0.25, 0.3) is 21.8 Å². The van der Waals surface area contributed by atoms with Gasteiger partial charge in [0.15, 0.2) is 0 Å². The molecule has 0 aliphatic rings. The molecule has 1 N–H and O–H groups in total. The third kappa shape index (κ3) is 2.59. The van der Waals surface area contributed by atoms with E-state index in [0.29, 0.717) is 0 Å². The molecule has 21 heavy (non-hydrogen) atoms. The van der Waals surface area contributed by atoms with Gasteiger partial charge >= 0.3 is 0 Å². The second-order valence-electron chi connectivity index (χ2n) is 5.37. The van der Waals surface area contributed by atoms with Gasteiger partial charge in [0.05, 0.1) is 0 Å². The van der Waals surface area contributed by atoms with E-state index in [1.807, 2.05) is 6.08 Å². The number of aryl methyl sites for hydroxylation is 1. The Balaban J connectivity index is 2.00. The van der Waals surface area contributed by atoms with Crippen molar-refractivity contribution in [3.05, 3.63) is 60.7 Å². The van der Waals surface area contributed by atoms with Crippen molar-refractivity contribution in [1.82, 2.24) is 9.88 Å². The van der Waals surface area contributed by atoms with Crippen LogP contribution in [0.5, 0.6) is 0 Å². The third-order valence-electron chi connectivity index (χ3n) is 4.01. The van der Waals surface area contributed by atoms with Crippen molar-refractivity contribution in [2.75, 3.05) is 6.54 Å². The Hall–Kier alpha value is -2.06. The molecular weight excluding hydrogens is 256 g/mol. The summed E-state index contributed by atoms with van der Waals surface area (Å²) in [6, 6.07) is 15.5. The number of hydrogen-bond acceptors (Lipinski definition) is 1. The van der Waals surface area contributed by atoms with Crippen LogP contribution in [0.1, 0.15) is 18.9 Å². The van der Waals surface area contributed by atoms with Crippen molar-refractivity contribution in [2.24, 2.45) is 0 Å². The van der Waals surface area contributed by atoms with Gasteiger partial charge in [-0.3, -0.25) is 0 Å². The molecule has 0 saturated carbocycles. The zero-order chi connectivity index (χ0) is 14.7. The molecule has 2 nitrogen and oxygen atoms in total. The van der Waals surface area contributed by atoms with Crippen LogP contribution in [0.2, 0.25) is 0 Å². The molecule has 0 bridgehead atoms. The van der Waals surface area contributed by atoms with Crippen LogP contribution in [0.3, 0.4) is 0 Å². The Kier molecular flexibility index (Phi) is 4.07. The lowest BCUT2D eigenvalue weighted by Gasteiger charge is -2.05. The summed E-state index contributed by atoms with van der Waals surface area (Å²) in [5.41, 5.74) is 3.99. The minimum absolute atomic E-state index is 0.912. The number of rotatable bonds is 6. The van der Waals surface area contributed by atoms with Gasteiger partial charge in [0.25, 0.3) is 0 Å². The lowest BCUT2D eigenvalue weighted by atomic mass is 10.1. The number of nitrogens with one attached hydrogen (secondary N) is 1. The van der Waals surface area contributed by atoms with E-state index in [-0.39, 0.29) is 0 Å². The molecule has 1 aromatic heterocycles. The Morgan fingerprint density at radius 3 is 2.71 bits per heavy atom. The van der Waals surface area contributed by atoms with Crippen LogP contribution < -0.4 is 5.32 Å². The van der Waals surface area contributed by atoms with Crippen LogP contribution >= 0.6 is 0 Å². The van der Waals surface area contributed by atoms with Crippen molar-refractivity contribution in [2.45, 2.75) is 26.4 Å². The maximum atomic E-state index is 3.75. The third-order valence-corrected chi connectivity index (χ3v) is 4.01. The van der Waals surface area contributed by atoms with Gasteiger partial charge in [0, 0.05) is 34.9 Å². The van der Waals surface area contributed by atoms with E-state index in [1.165, 1.54) is 27.4 Å². The minimum atomic E-state index is 0.912. The molecular formula is C19H22N2. The molecule has 0 radical (unpaired) electrons. The monoisotopic (exact) mass is 278 g/mol. The molecule has 0 aliphatic heterocycles. The highest BCUT2D eigenvalue weighted by atomic mass is 15.0. The molecule has 2 aromatic carbocycles. The number of aromatic nitrogens is 1. The van der Waals surface area contributed by atoms with Crippen LogP contribution in [-0.2, 0) is 13.1 Å². The molecule has 0 spiro atoms. The normalized spacial score (nSPS) is 11.3. The van der Waals surface area contributed by atoms with Gasteiger partial charge in [0.2, 0.25) is 0 Å². The maximum absolute atomic E-state index is 3.75. The predicted octanol–water partition coefficient (Wildman–Crippen LogP) is 4.48. The summed E-state index contributed by atoms with van der Waals surface area (Å²) in [6.07, 6.45) is 2.96. The fraction of sp³-hybridized carbons (Fsp3) is 0.263. The van der Waals surface area contributed by atoms with Crippen LogP contribution in [0.15, 0.2) is 55.1 Å². The van der Waals surface area contributed by atoms with E-state index in [9.17, 15) is 0 Å². The zero-order valence-corrected chi connectivity index (χ0v) is 12.6. The molecule has 3 rings (SSSR count). The highest BCUT2D eigenvalue weighted by Gasteiger charge is 2.09. The fourth-order valence-corrected chi connectivity index (χ4v) is 2.99. The highest BCUT2D eigenvalue weighted by molar-refractivity contribution is 6.08. The molecule has 0 amide bonds. The molecule has 0 saturated heterocycles. The Bertz CT molecular complexity index is 768. The molecule has 3 aromatic rings. The maximum Gasteiger partial charge on any atom is 0.0491 e. The molecule has 2 heteroatoms. The summed E-state index contributed by atoms with van der Waals surface area (Å²) in [4.78, 5) is 0. The van der Waals surface area contributed by atoms with E-state index in [4.69, 9.17) is 0 Å². The molecule has 1 heterocycles. The SMILES string of the molecule is C=CCCNCc1ccc2c(c1)c1ccccc1n2CC. The first-order valence-electron chi connectivity index (χ1n) is 7.66. The van der Waals surface area contributed by atoms with Crippen molar-refractivity contribution in [3.63, 3.8) is 0 Å². The topological polar surface area (TPSA) is 17.0 Å². The lowest BCUT2D eigenvalue weighted by Crippen LogP contribution is -2.13. The van der Waals surface area contributed by atoms with Crippen LogP contribution in [0.4, 0.5) is 0 Å². The Labute approximate surface area is 126 Å². The summed E-state index contributed by atoms with van der Waals surface area (Å²) >= 11 is 0. The smallest absolute Gasteiger partial charge is 0.0491 e. The van der Waals surface area contributed by atoms with Gasteiger partial charge in [-0.15, -0.1) is 6.58 Å². The summed E-state index contributed by atoms with van der Waals surface area (Å²) in [5.74, 6) is 0. The number of benzene rings is 2. The van der Waals surface area contributed by atoms with E-state index in [1.54, 1.807) is 0 Å². The standard InChI is InChI=1S/C19H22N2/c1-3-5-12-20-14-15-10-11-19-17(13-15)16-8-6-7-9-18(16)21(19)4-2/h3,6-11,13,20H,1,4-5,12,14H2,2H3. The van der Waals surface area contributed by atoms with Gasteiger partial charge in [-0.25, -0.2) is 0 Å². The quantitative estimate of drug-likeness (QED) is 0.519. The van der Waals surface area contributed by atoms with Crippen molar-refractivity contribution in [3.8, 4) is 0 Å². The number of hydrogen-bond donors (Lipinski definition) is 1. The predicted molar refractivity (Wildman–Crippen MR) is 91.6 cm³/mol. The van der Waals surface area contributed by atoms with E-state index in [0.717, 1.165) is 26.1 Å². The second-order valence-corrected chi connectivity index (χ2v) is 5.37. The summed E-state index contributed by atoms with van der Waals surface area (Å²) in [6.45, 7) is 8.85. The van der Waals surface area contributed by atoms with Gasteiger partial charge < -0.3 is 9.88 Å². The van der Waals surface area contributed by atoms with Crippen molar-refractivity contribution < 1.29 is 0 Å². The average molecular weight is 278 g/mol.